The van der Waals surface area contributed by atoms with Crippen LogP contribution in [0, 0.1) is 17.5 Å². The van der Waals surface area contributed by atoms with Gasteiger partial charge in [-0.2, -0.15) is 0 Å². The van der Waals surface area contributed by atoms with Crippen molar-refractivity contribution >= 4 is 48.5 Å². The number of halogens is 4. The van der Waals surface area contributed by atoms with Gasteiger partial charge in [-0.1, -0.05) is 6.07 Å². The highest BCUT2D eigenvalue weighted by Gasteiger charge is 2.30. The topological polar surface area (TPSA) is 109 Å². The van der Waals surface area contributed by atoms with E-state index in [0.29, 0.717) is 40.3 Å². The number of sulfonamides is 1. The van der Waals surface area contributed by atoms with Crippen LogP contribution in [-0.2, 0) is 10.0 Å². The molecule has 2 aliphatic rings. The summed E-state index contributed by atoms with van der Waals surface area (Å²) in [6, 6.07) is 5.92. The number of anilines is 2. The number of nitrogens with two attached hydrogens (primary N) is 1. The van der Waals surface area contributed by atoms with E-state index in [1.54, 1.807) is 0 Å². The Labute approximate surface area is 256 Å². The normalized spacial score (nSPS) is 20.5. The predicted molar refractivity (Wildman–Crippen MR) is 163 cm³/mol. The Bertz CT molecular complexity index is 1790. The first kappa shape index (κ1) is 29.9. The van der Waals surface area contributed by atoms with Gasteiger partial charge in [-0.25, -0.2) is 31.6 Å². The largest absolute Gasteiger partial charge is 0.383 e. The van der Waals surface area contributed by atoms with Crippen molar-refractivity contribution in [2.75, 3.05) is 43.7 Å². The quantitative estimate of drug-likeness (QED) is 0.263. The van der Waals surface area contributed by atoms with Gasteiger partial charge in [-0.05, 0) is 78.5 Å². The summed E-state index contributed by atoms with van der Waals surface area (Å²) in [4.78, 5) is 12.7. The molecular weight excluding hydrogens is 647 g/mol. The van der Waals surface area contributed by atoms with Crippen LogP contribution in [0.2, 0.25) is 0 Å². The van der Waals surface area contributed by atoms with E-state index in [2.05, 4.69) is 47.3 Å². The second kappa shape index (κ2) is 11.7. The number of hydrogen-bond acceptors (Lipinski definition) is 7. The van der Waals surface area contributed by atoms with Crippen LogP contribution in [0.15, 0.2) is 52.2 Å². The number of nitrogens with one attached hydrogen (secondary N) is 1. The van der Waals surface area contributed by atoms with E-state index in [4.69, 9.17) is 5.73 Å². The fraction of sp³-hybridized carbons (Fsp3) is 0.379. The molecule has 14 heteroatoms. The number of rotatable bonds is 6. The van der Waals surface area contributed by atoms with Crippen LogP contribution in [0.25, 0.3) is 22.2 Å². The smallest absolute Gasteiger partial charge is 0.265 e. The zero-order chi connectivity index (χ0) is 30.5. The number of hydrogen-bond donors (Lipinski definition) is 2. The lowest BCUT2D eigenvalue weighted by Crippen LogP contribution is -2.49. The van der Waals surface area contributed by atoms with E-state index in [0.717, 1.165) is 51.9 Å². The van der Waals surface area contributed by atoms with Crippen molar-refractivity contribution in [2.24, 2.45) is 0 Å². The molecule has 0 spiro atoms. The van der Waals surface area contributed by atoms with Crippen LogP contribution in [0.3, 0.4) is 0 Å². The molecule has 2 aromatic carbocycles. The third kappa shape index (κ3) is 5.85. The molecule has 6 rings (SSSR count). The molecule has 228 valence electrons. The SMILES string of the molecule is CN1CCN(C2CCC(n3cc(-c4ccc(NS(=O)(=O)c5cc(F)c(Br)cc5F)c(F)c4)c4c(N)ncnc43)CC2)CC1. The van der Waals surface area contributed by atoms with E-state index >= 15 is 4.39 Å². The molecule has 3 heterocycles. The Morgan fingerprint density at radius 3 is 2.33 bits per heavy atom. The maximum absolute atomic E-state index is 15.4. The average molecular weight is 679 g/mol. The van der Waals surface area contributed by atoms with E-state index in [-0.39, 0.29) is 16.3 Å². The zero-order valence-corrected chi connectivity index (χ0v) is 25.8. The van der Waals surface area contributed by atoms with Crippen molar-refractivity contribution in [1.82, 2.24) is 24.3 Å². The summed E-state index contributed by atoms with van der Waals surface area (Å²) in [6.45, 7) is 4.33. The molecule has 4 aromatic rings. The maximum atomic E-state index is 15.4. The minimum absolute atomic E-state index is 0.186. The van der Waals surface area contributed by atoms with E-state index in [1.807, 2.05) is 10.9 Å². The minimum atomic E-state index is -4.63. The van der Waals surface area contributed by atoms with Crippen LogP contribution in [0.1, 0.15) is 31.7 Å². The lowest BCUT2D eigenvalue weighted by atomic mass is 9.89. The number of likely N-dealkylation sites (N-methyl/N-ethyl adjacent to an activating group) is 1. The molecule has 9 nitrogen and oxygen atoms in total. The Kier molecular flexibility index (Phi) is 8.13. The lowest BCUT2D eigenvalue weighted by molar-refractivity contribution is 0.0828. The van der Waals surface area contributed by atoms with E-state index < -0.39 is 38.1 Å². The average Bonchev–Trinajstić information content (AvgIpc) is 3.37. The highest BCUT2D eigenvalue weighted by Crippen LogP contribution is 2.40. The van der Waals surface area contributed by atoms with Gasteiger partial charge in [0.2, 0.25) is 0 Å². The van der Waals surface area contributed by atoms with Gasteiger partial charge in [0.25, 0.3) is 10.0 Å². The summed E-state index contributed by atoms with van der Waals surface area (Å²) < 4.78 is 73.1. The highest BCUT2D eigenvalue weighted by atomic mass is 79.9. The summed E-state index contributed by atoms with van der Waals surface area (Å²) in [5, 5.41) is 0.587. The molecule has 0 bridgehead atoms. The molecule has 0 radical (unpaired) electrons. The number of fused-ring (bicyclic) bond motifs is 1. The van der Waals surface area contributed by atoms with Crippen molar-refractivity contribution in [3.63, 3.8) is 0 Å². The Balaban J connectivity index is 1.27. The third-order valence-corrected chi connectivity index (χ3v) is 10.5. The molecule has 43 heavy (non-hydrogen) atoms. The predicted octanol–water partition coefficient (Wildman–Crippen LogP) is 5.39. The van der Waals surface area contributed by atoms with Gasteiger partial charge in [-0.3, -0.25) is 9.62 Å². The standard InChI is InChI=1S/C29H31BrF3N7O2S/c1-38-8-10-39(11-9-38)18-3-5-19(6-4-18)40-15-20(27-28(34)35-16-36-29(27)40)17-2-7-25(23(32)12-17)37-43(41,42)26-14-22(31)21(30)13-24(26)33/h2,7,12-16,18-19,37H,3-6,8-11H2,1H3,(H2,34,35,36). The second-order valence-corrected chi connectivity index (χ2v) is 13.7. The van der Waals surface area contributed by atoms with Gasteiger partial charge in [0.1, 0.15) is 40.1 Å². The fourth-order valence-corrected chi connectivity index (χ4v) is 7.62. The highest BCUT2D eigenvalue weighted by molar-refractivity contribution is 9.10. The van der Waals surface area contributed by atoms with Gasteiger partial charge in [0, 0.05) is 50.0 Å². The summed E-state index contributed by atoms with van der Waals surface area (Å²) in [7, 11) is -2.47. The molecule has 1 saturated carbocycles. The Hall–Kier alpha value is -3.20. The molecule has 2 aromatic heterocycles. The molecular formula is C29H31BrF3N7O2S. The molecule has 1 saturated heterocycles. The Morgan fingerprint density at radius 2 is 1.63 bits per heavy atom. The molecule has 0 unspecified atom stereocenters. The van der Waals surface area contributed by atoms with Crippen molar-refractivity contribution in [3.05, 3.63) is 64.8 Å². The number of benzene rings is 2. The summed E-state index contributed by atoms with van der Waals surface area (Å²) >= 11 is 2.81. The fourth-order valence-electron chi connectivity index (χ4n) is 6.17. The van der Waals surface area contributed by atoms with Crippen LogP contribution >= 0.6 is 15.9 Å². The van der Waals surface area contributed by atoms with Gasteiger partial charge >= 0.3 is 0 Å². The molecule has 1 aliphatic heterocycles. The molecule has 0 atom stereocenters. The van der Waals surface area contributed by atoms with Crippen molar-refractivity contribution in [2.45, 2.75) is 42.7 Å². The Morgan fingerprint density at radius 1 is 0.930 bits per heavy atom. The lowest BCUT2D eigenvalue weighted by Gasteiger charge is -2.41. The van der Waals surface area contributed by atoms with Gasteiger partial charge in [0.05, 0.1) is 15.5 Å². The molecule has 3 N–H and O–H groups in total. The first-order valence-electron chi connectivity index (χ1n) is 14.0. The van der Waals surface area contributed by atoms with Gasteiger partial charge in [-0.15, -0.1) is 0 Å². The second-order valence-electron chi connectivity index (χ2n) is 11.2. The molecule has 0 amide bonds. The molecule has 2 fully saturated rings. The van der Waals surface area contributed by atoms with Crippen molar-refractivity contribution < 1.29 is 21.6 Å². The number of aromatic nitrogens is 3. The third-order valence-electron chi connectivity index (χ3n) is 8.54. The van der Waals surface area contributed by atoms with Crippen LogP contribution in [0.4, 0.5) is 24.7 Å². The summed E-state index contributed by atoms with van der Waals surface area (Å²) in [6.07, 6.45) is 7.39. The number of nitrogen functional groups attached to an aromatic ring is 1. The van der Waals surface area contributed by atoms with Gasteiger partial charge < -0.3 is 15.2 Å². The van der Waals surface area contributed by atoms with Crippen LogP contribution < -0.4 is 10.5 Å². The van der Waals surface area contributed by atoms with Crippen molar-refractivity contribution in [1.29, 1.82) is 0 Å². The first-order valence-corrected chi connectivity index (χ1v) is 16.3. The maximum Gasteiger partial charge on any atom is 0.265 e. The monoisotopic (exact) mass is 677 g/mol. The van der Waals surface area contributed by atoms with E-state index in [1.165, 1.54) is 24.5 Å². The van der Waals surface area contributed by atoms with Gasteiger partial charge in [0.15, 0.2) is 0 Å². The minimum Gasteiger partial charge on any atom is -0.383 e. The van der Waals surface area contributed by atoms with E-state index in [9.17, 15) is 17.2 Å². The van der Waals surface area contributed by atoms with Crippen molar-refractivity contribution in [3.8, 4) is 11.1 Å². The number of piperazine rings is 1. The first-order chi connectivity index (χ1) is 20.5. The van der Waals surface area contributed by atoms with Crippen LogP contribution in [-0.4, -0.2) is 72.0 Å². The summed E-state index contributed by atoms with van der Waals surface area (Å²) in [5.41, 5.74) is 7.59. The summed E-state index contributed by atoms with van der Waals surface area (Å²) in [5.74, 6) is -2.80. The number of nitrogens with zero attached hydrogens (tertiary/aromatic N) is 5. The zero-order valence-electron chi connectivity index (χ0n) is 23.4. The molecule has 1 aliphatic carbocycles. The van der Waals surface area contributed by atoms with Crippen LogP contribution in [0.5, 0.6) is 0 Å².